The van der Waals surface area contributed by atoms with Crippen LogP contribution in [0.4, 0.5) is 0 Å². The predicted molar refractivity (Wildman–Crippen MR) is 80.5 cm³/mol. The van der Waals surface area contributed by atoms with E-state index in [4.69, 9.17) is 4.43 Å². The van der Waals surface area contributed by atoms with Crippen LogP contribution in [0.25, 0.3) is 0 Å². The summed E-state index contributed by atoms with van der Waals surface area (Å²) in [6.45, 7) is 9.28. The van der Waals surface area contributed by atoms with E-state index in [0.717, 1.165) is 0 Å². The Hall–Kier alpha value is -0.603. The minimum atomic E-state index is -1.52. The van der Waals surface area contributed by atoms with Crippen molar-refractivity contribution in [2.45, 2.75) is 63.8 Å². The largest absolute Gasteiger partial charge is 0.412 e. The summed E-state index contributed by atoms with van der Waals surface area (Å²) in [6.07, 6.45) is 2.56. The third kappa shape index (κ3) is 3.45. The van der Waals surface area contributed by atoms with E-state index < -0.39 is 8.32 Å². The normalized spacial score (nSPS) is 28.9. The van der Waals surface area contributed by atoms with Gasteiger partial charge in [0, 0.05) is 0 Å². The van der Waals surface area contributed by atoms with E-state index in [2.05, 4.69) is 57.7 Å². The van der Waals surface area contributed by atoms with E-state index in [1.54, 1.807) is 0 Å². The van der Waals surface area contributed by atoms with Crippen molar-refractivity contribution in [1.29, 1.82) is 0 Å². The number of hydrogen-bond acceptors (Lipinski definition) is 1. The Morgan fingerprint density at radius 3 is 2.56 bits per heavy atom. The fourth-order valence-corrected chi connectivity index (χ4v) is 7.63. The molecule has 2 rings (SSSR count). The molecule has 0 bridgehead atoms. The fraction of sp³-hybridized carbons (Fsp3) is 0.625. The van der Waals surface area contributed by atoms with Crippen molar-refractivity contribution < 1.29 is 4.43 Å². The zero-order chi connectivity index (χ0) is 13.2. The van der Waals surface area contributed by atoms with Crippen molar-refractivity contribution in [2.75, 3.05) is 0 Å². The summed E-state index contributed by atoms with van der Waals surface area (Å²) >= 11 is 0. The first-order valence-electron chi connectivity index (χ1n) is 7.15. The smallest absolute Gasteiger partial charge is 0.191 e. The summed E-state index contributed by atoms with van der Waals surface area (Å²) in [6, 6.07) is 13.4. The second kappa shape index (κ2) is 5.18. The molecule has 1 heterocycles. The lowest BCUT2D eigenvalue weighted by molar-refractivity contribution is 0.0695. The Bertz CT molecular complexity index is 387. The number of rotatable bonds is 3. The van der Waals surface area contributed by atoms with Crippen molar-refractivity contribution >= 4 is 8.32 Å². The van der Waals surface area contributed by atoms with E-state index in [1.165, 1.54) is 30.5 Å². The molecule has 100 valence electrons. The molecule has 0 saturated carbocycles. The zero-order valence-corrected chi connectivity index (χ0v) is 13.2. The third-order valence-electron chi connectivity index (χ3n) is 4.11. The molecule has 2 atom stereocenters. The first-order chi connectivity index (χ1) is 8.40. The maximum absolute atomic E-state index is 6.49. The molecule has 1 nitrogen and oxygen atoms in total. The molecule has 1 aromatic rings. The number of benzene rings is 1. The molecule has 0 aliphatic carbocycles. The van der Waals surface area contributed by atoms with Crippen LogP contribution in [0.2, 0.25) is 18.6 Å². The molecule has 1 saturated heterocycles. The predicted octanol–water partition coefficient (Wildman–Crippen LogP) is 4.95. The Balaban J connectivity index is 2.04. The number of hydrogen-bond donors (Lipinski definition) is 0. The lowest BCUT2D eigenvalue weighted by Gasteiger charge is -2.43. The summed E-state index contributed by atoms with van der Waals surface area (Å²) in [4.78, 5) is 0. The van der Waals surface area contributed by atoms with E-state index in [1.807, 2.05) is 0 Å². The molecule has 2 heteroatoms. The van der Waals surface area contributed by atoms with Gasteiger partial charge in [-0.25, -0.2) is 0 Å². The van der Waals surface area contributed by atoms with Crippen LogP contribution >= 0.6 is 0 Å². The molecular formula is C16H26OSi. The highest BCUT2D eigenvalue weighted by Crippen LogP contribution is 2.38. The lowest BCUT2D eigenvalue weighted by Crippen LogP contribution is -2.47. The molecule has 1 aliphatic heterocycles. The van der Waals surface area contributed by atoms with Gasteiger partial charge in [-0.3, -0.25) is 0 Å². The average Bonchev–Trinajstić information content (AvgIpc) is 2.27. The topological polar surface area (TPSA) is 9.23 Å². The first kappa shape index (κ1) is 13.8. The van der Waals surface area contributed by atoms with E-state index in [0.29, 0.717) is 5.92 Å². The molecule has 0 radical (unpaired) electrons. The van der Waals surface area contributed by atoms with Gasteiger partial charge in [-0.05, 0) is 50.4 Å². The van der Waals surface area contributed by atoms with Gasteiger partial charge in [0.1, 0.15) is 0 Å². The Morgan fingerprint density at radius 1 is 1.28 bits per heavy atom. The van der Waals surface area contributed by atoms with Gasteiger partial charge >= 0.3 is 0 Å². The fourth-order valence-electron chi connectivity index (χ4n) is 3.35. The third-order valence-corrected chi connectivity index (χ3v) is 8.05. The zero-order valence-electron chi connectivity index (χ0n) is 12.2. The first-order valence-corrected chi connectivity index (χ1v) is 9.98. The van der Waals surface area contributed by atoms with Crippen molar-refractivity contribution in [3.05, 3.63) is 35.9 Å². The SMILES string of the molecule is CC(C[Si]1(C)CCCC(C)(C)O1)c1ccccc1. The highest BCUT2D eigenvalue weighted by atomic mass is 28.4. The summed E-state index contributed by atoms with van der Waals surface area (Å²) in [5, 5.41) is 0. The Labute approximate surface area is 113 Å². The molecule has 0 aromatic heterocycles. The highest BCUT2D eigenvalue weighted by Gasteiger charge is 2.40. The summed E-state index contributed by atoms with van der Waals surface area (Å²) in [5.41, 5.74) is 1.56. The molecular weight excluding hydrogens is 236 g/mol. The van der Waals surface area contributed by atoms with E-state index in [-0.39, 0.29) is 5.60 Å². The summed E-state index contributed by atoms with van der Waals surface area (Å²) in [7, 11) is -1.52. The van der Waals surface area contributed by atoms with E-state index >= 15 is 0 Å². The second-order valence-electron chi connectivity index (χ2n) is 6.68. The second-order valence-corrected chi connectivity index (χ2v) is 10.7. The standard InChI is InChI=1S/C16H26OSi/c1-14(15-9-6-5-7-10-15)13-18(4)12-8-11-16(2,3)17-18/h5-7,9-10,14H,8,11-13H2,1-4H3. The van der Waals surface area contributed by atoms with Crippen molar-refractivity contribution in [3.8, 4) is 0 Å². The van der Waals surface area contributed by atoms with Crippen molar-refractivity contribution in [1.82, 2.24) is 0 Å². The van der Waals surface area contributed by atoms with Gasteiger partial charge in [0.2, 0.25) is 0 Å². The minimum absolute atomic E-state index is 0.107. The molecule has 18 heavy (non-hydrogen) atoms. The Kier molecular flexibility index (Phi) is 3.98. The summed E-state index contributed by atoms with van der Waals surface area (Å²) in [5.74, 6) is 0.622. The molecule has 0 spiro atoms. The van der Waals surface area contributed by atoms with Crippen molar-refractivity contribution in [3.63, 3.8) is 0 Å². The molecule has 2 unspecified atom stereocenters. The average molecular weight is 262 g/mol. The lowest BCUT2D eigenvalue weighted by atomic mass is 10.0. The van der Waals surface area contributed by atoms with Gasteiger partial charge in [0.15, 0.2) is 8.32 Å². The van der Waals surface area contributed by atoms with Gasteiger partial charge in [-0.1, -0.05) is 43.7 Å². The van der Waals surface area contributed by atoms with E-state index in [9.17, 15) is 0 Å². The molecule has 1 aliphatic rings. The Morgan fingerprint density at radius 2 is 1.94 bits per heavy atom. The van der Waals surface area contributed by atoms with Crippen LogP contribution in [-0.4, -0.2) is 13.9 Å². The van der Waals surface area contributed by atoms with Crippen LogP contribution in [0.1, 0.15) is 45.1 Å². The quantitative estimate of drug-likeness (QED) is 0.700. The van der Waals surface area contributed by atoms with Gasteiger partial charge in [-0.15, -0.1) is 0 Å². The van der Waals surface area contributed by atoms with Gasteiger partial charge in [0.05, 0.1) is 5.60 Å². The maximum atomic E-state index is 6.49. The van der Waals surface area contributed by atoms with Crippen LogP contribution in [0.5, 0.6) is 0 Å². The van der Waals surface area contributed by atoms with Crippen LogP contribution < -0.4 is 0 Å². The van der Waals surface area contributed by atoms with Crippen LogP contribution in [0.15, 0.2) is 30.3 Å². The minimum Gasteiger partial charge on any atom is -0.412 e. The molecule has 0 N–H and O–H groups in total. The highest BCUT2D eigenvalue weighted by molar-refractivity contribution is 6.72. The van der Waals surface area contributed by atoms with Crippen LogP contribution in [0, 0.1) is 0 Å². The van der Waals surface area contributed by atoms with Crippen LogP contribution in [-0.2, 0) is 4.43 Å². The van der Waals surface area contributed by atoms with Crippen LogP contribution in [0.3, 0.4) is 0 Å². The van der Waals surface area contributed by atoms with Gasteiger partial charge < -0.3 is 4.43 Å². The van der Waals surface area contributed by atoms with Gasteiger partial charge in [-0.2, -0.15) is 0 Å². The summed E-state index contributed by atoms with van der Waals surface area (Å²) < 4.78 is 6.49. The maximum Gasteiger partial charge on any atom is 0.191 e. The molecule has 1 fully saturated rings. The van der Waals surface area contributed by atoms with Gasteiger partial charge in [0.25, 0.3) is 0 Å². The van der Waals surface area contributed by atoms with Crippen molar-refractivity contribution in [2.24, 2.45) is 0 Å². The molecule has 1 aromatic carbocycles. The monoisotopic (exact) mass is 262 g/mol. The molecule has 0 amide bonds.